The van der Waals surface area contributed by atoms with E-state index in [0.717, 1.165) is 29.0 Å². The van der Waals surface area contributed by atoms with Crippen LogP contribution in [-0.2, 0) is 28.7 Å². The Balaban J connectivity index is 1.87. The molecule has 8 nitrogen and oxygen atoms in total. The summed E-state index contributed by atoms with van der Waals surface area (Å²) >= 11 is 0. The quantitative estimate of drug-likeness (QED) is 0.118. The molecule has 1 amide bonds. The van der Waals surface area contributed by atoms with Crippen LogP contribution in [0.4, 0.5) is 26.3 Å². The number of nitrogens with one attached hydrogen (secondary N) is 1. The van der Waals surface area contributed by atoms with Crippen molar-refractivity contribution in [1.29, 1.82) is 0 Å². The molecule has 0 unspecified atom stereocenters. The van der Waals surface area contributed by atoms with Gasteiger partial charge in [-0.25, -0.2) is 13.2 Å². The molecule has 0 fully saturated rings. The number of halogens is 6. The van der Waals surface area contributed by atoms with Gasteiger partial charge in [0.15, 0.2) is 0 Å². The van der Waals surface area contributed by atoms with E-state index in [9.17, 15) is 37.1 Å². The lowest BCUT2D eigenvalue weighted by molar-refractivity contribution is -0.139. The number of carboxylic acid groups (broad SMARTS) is 1. The molecule has 0 radical (unpaired) electrons. The number of hydrogen-bond acceptors (Lipinski definition) is 4. The Morgan fingerprint density at radius 1 is 1.04 bits per heavy atom. The van der Waals surface area contributed by atoms with Gasteiger partial charge in [0, 0.05) is 42.3 Å². The van der Waals surface area contributed by atoms with Crippen LogP contribution in [-0.4, -0.2) is 31.3 Å². The summed E-state index contributed by atoms with van der Waals surface area (Å²) in [6, 6.07) is 2.01. The van der Waals surface area contributed by atoms with E-state index in [0.29, 0.717) is 17.2 Å². The van der Waals surface area contributed by atoms with Gasteiger partial charge in [0.05, 0.1) is 23.6 Å². The van der Waals surface area contributed by atoms with Crippen LogP contribution in [0.25, 0.3) is 11.1 Å². The average Bonchev–Trinajstić information content (AvgIpc) is 3.54. The number of carbonyl (C=O) groups is 2. The predicted octanol–water partition coefficient (Wildman–Crippen LogP) is 7.30. The Morgan fingerprint density at radius 2 is 1.71 bits per heavy atom. The second-order valence-electron chi connectivity index (χ2n) is 12.6. The van der Waals surface area contributed by atoms with Gasteiger partial charge in [-0.3, -0.25) is 19.1 Å². The molecule has 270 valence electrons. The largest absolute Gasteiger partial charge is 0.481 e. The molecular formula is C37H36F6N4O4. The summed E-state index contributed by atoms with van der Waals surface area (Å²) in [4.78, 5) is 39.4. The molecule has 2 aromatic carbocycles. The molecule has 0 aliphatic rings. The fourth-order valence-corrected chi connectivity index (χ4v) is 6.13. The minimum Gasteiger partial charge on any atom is -0.481 e. The van der Waals surface area contributed by atoms with Crippen molar-refractivity contribution >= 4 is 11.9 Å². The van der Waals surface area contributed by atoms with E-state index < -0.39 is 70.7 Å². The maximum Gasteiger partial charge on any atom is 0.416 e. The summed E-state index contributed by atoms with van der Waals surface area (Å²) in [5.74, 6) is -0.966. The monoisotopic (exact) mass is 714 g/mol. The van der Waals surface area contributed by atoms with Crippen LogP contribution in [0.15, 0.2) is 53.7 Å². The van der Waals surface area contributed by atoms with Crippen molar-refractivity contribution in [3.63, 3.8) is 0 Å². The van der Waals surface area contributed by atoms with Gasteiger partial charge in [0.2, 0.25) is 5.91 Å². The molecule has 4 rings (SSSR count). The maximum atomic E-state index is 16.6. The molecule has 4 aromatic rings. The van der Waals surface area contributed by atoms with E-state index in [4.69, 9.17) is 0 Å². The highest BCUT2D eigenvalue weighted by molar-refractivity contribution is 5.82. The minimum absolute atomic E-state index is 0.0148. The standard InChI is InChI=1S/C37H36F6N4O4/c1-6-8-23-16-26(32-21(4)14-25(38)15-22(32)5)35(40)33(34(23)39)28(18-31(49)50)45-36(51)29(13-20(2)3)47-19-24(9-12-46-11-7-10-44-46)27(17-30(47)48)37(41,42)43/h7,10-11,14-17,19-20,28-29H,9,12-13,18H2,1-5H3,(H,45,51)(H,49,50)/t28-,29-/m1/s1. The summed E-state index contributed by atoms with van der Waals surface area (Å²) in [6.45, 7) is 7.81. The zero-order valence-corrected chi connectivity index (χ0v) is 28.5. The number of carbonyl (C=O) groups excluding carboxylic acids is 1. The predicted molar refractivity (Wildman–Crippen MR) is 177 cm³/mol. The second kappa shape index (κ2) is 15.7. The highest BCUT2D eigenvalue weighted by atomic mass is 19.4. The van der Waals surface area contributed by atoms with Gasteiger partial charge in [-0.15, -0.1) is 5.92 Å². The first-order valence-electron chi connectivity index (χ1n) is 16.0. The van der Waals surface area contributed by atoms with E-state index in [2.05, 4.69) is 22.3 Å². The van der Waals surface area contributed by atoms with Crippen LogP contribution in [0.3, 0.4) is 0 Å². The number of hydrogen-bond donors (Lipinski definition) is 2. The number of aromatic nitrogens is 3. The lowest BCUT2D eigenvalue weighted by Gasteiger charge is -2.27. The topological polar surface area (TPSA) is 106 Å². The molecule has 0 saturated carbocycles. The van der Waals surface area contributed by atoms with Gasteiger partial charge in [-0.05, 0) is 86.1 Å². The Kier molecular flexibility index (Phi) is 11.8. The Morgan fingerprint density at radius 3 is 2.25 bits per heavy atom. The normalized spacial score (nSPS) is 12.7. The van der Waals surface area contributed by atoms with Gasteiger partial charge < -0.3 is 15.0 Å². The van der Waals surface area contributed by atoms with E-state index in [1.807, 2.05) is 0 Å². The van der Waals surface area contributed by atoms with Crippen molar-refractivity contribution in [3.8, 4) is 23.0 Å². The molecule has 0 aliphatic heterocycles. The Labute approximate surface area is 290 Å². The van der Waals surface area contributed by atoms with E-state index in [-0.39, 0.29) is 47.6 Å². The number of carboxylic acids is 1. The molecule has 0 spiro atoms. The van der Waals surface area contributed by atoms with Gasteiger partial charge in [0.1, 0.15) is 23.5 Å². The molecule has 0 bridgehead atoms. The highest BCUT2D eigenvalue weighted by Gasteiger charge is 2.36. The number of amides is 1. The average molecular weight is 715 g/mol. The zero-order chi connectivity index (χ0) is 37.8. The molecule has 2 N–H and O–H groups in total. The van der Waals surface area contributed by atoms with Crippen LogP contribution in [0, 0.1) is 49.1 Å². The van der Waals surface area contributed by atoms with Crippen LogP contribution in [0.2, 0.25) is 0 Å². The fraction of sp³-hybridized carbons (Fsp3) is 0.351. The first-order valence-corrected chi connectivity index (χ1v) is 16.0. The van der Waals surface area contributed by atoms with Crippen molar-refractivity contribution in [2.45, 2.75) is 78.7 Å². The van der Waals surface area contributed by atoms with Gasteiger partial charge in [0.25, 0.3) is 5.56 Å². The number of alkyl halides is 3. The molecule has 2 aromatic heterocycles. The molecule has 51 heavy (non-hydrogen) atoms. The highest BCUT2D eigenvalue weighted by Crippen LogP contribution is 2.38. The van der Waals surface area contributed by atoms with Crippen molar-refractivity contribution in [1.82, 2.24) is 19.7 Å². The van der Waals surface area contributed by atoms with Crippen LogP contribution in [0.1, 0.15) is 79.1 Å². The SMILES string of the molecule is CC#Cc1cc(-c2c(C)cc(F)cc2C)c(F)c([C@@H](CC(=O)O)NC(=O)[C@@H](CC(C)C)n2cc(CCn3cccn3)c(C(F)(F)F)cc2=O)c1F. The molecule has 2 atom stereocenters. The van der Waals surface area contributed by atoms with Crippen molar-refractivity contribution in [2.24, 2.45) is 5.92 Å². The Hall–Kier alpha value is -5.32. The van der Waals surface area contributed by atoms with Crippen LogP contribution < -0.4 is 10.9 Å². The molecule has 14 heteroatoms. The number of pyridine rings is 1. The summed E-state index contributed by atoms with van der Waals surface area (Å²) in [6.07, 6.45) is -2.32. The van der Waals surface area contributed by atoms with Gasteiger partial charge in [-0.1, -0.05) is 19.8 Å². The summed E-state index contributed by atoms with van der Waals surface area (Å²) in [5, 5.41) is 16.2. The van der Waals surface area contributed by atoms with Gasteiger partial charge in [-0.2, -0.15) is 18.3 Å². The lowest BCUT2D eigenvalue weighted by atomic mass is 9.89. The van der Waals surface area contributed by atoms with Crippen LogP contribution >= 0.6 is 0 Å². The van der Waals surface area contributed by atoms with E-state index in [1.165, 1.54) is 31.6 Å². The smallest absolute Gasteiger partial charge is 0.416 e. The third kappa shape index (κ3) is 8.89. The summed E-state index contributed by atoms with van der Waals surface area (Å²) < 4.78 is 91.2. The van der Waals surface area contributed by atoms with Crippen molar-refractivity contribution < 1.29 is 41.0 Å². The third-order valence-corrected chi connectivity index (χ3v) is 8.28. The van der Waals surface area contributed by atoms with Crippen LogP contribution in [0.5, 0.6) is 0 Å². The first kappa shape index (κ1) is 38.5. The molecule has 2 heterocycles. The van der Waals surface area contributed by atoms with Crippen molar-refractivity contribution in [3.05, 3.63) is 110 Å². The number of aryl methyl sites for hydroxylation is 4. The van der Waals surface area contributed by atoms with E-state index >= 15 is 8.78 Å². The van der Waals surface area contributed by atoms with Crippen molar-refractivity contribution in [2.75, 3.05) is 0 Å². The van der Waals surface area contributed by atoms with Gasteiger partial charge >= 0.3 is 12.1 Å². The second-order valence-corrected chi connectivity index (χ2v) is 12.6. The number of aliphatic carboxylic acids is 1. The molecule has 0 aliphatic carbocycles. The maximum absolute atomic E-state index is 16.6. The van der Waals surface area contributed by atoms with E-state index in [1.54, 1.807) is 26.1 Å². The zero-order valence-electron chi connectivity index (χ0n) is 28.5. The number of rotatable bonds is 12. The minimum atomic E-state index is -4.90. The summed E-state index contributed by atoms with van der Waals surface area (Å²) in [7, 11) is 0. The number of benzene rings is 2. The lowest BCUT2D eigenvalue weighted by Crippen LogP contribution is -2.41. The number of nitrogens with zero attached hydrogens (tertiary/aromatic N) is 3. The third-order valence-electron chi connectivity index (χ3n) is 8.28. The Bertz CT molecular complexity index is 2040. The summed E-state index contributed by atoms with van der Waals surface area (Å²) in [5.41, 5.74) is -3.26. The molecule has 0 saturated heterocycles. The molecular weight excluding hydrogens is 678 g/mol. The first-order chi connectivity index (χ1) is 23.9. The fourth-order valence-electron chi connectivity index (χ4n) is 6.13.